The van der Waals surface area contributed by atoms with Crippen LogP contribution >= 0.6 is 15.9 Å². The van der Waals surface area contributed by atoms with E-state index in [1.54, 1.807) is 0 Å². The molecule has 1 aromatic rings. The number of rotatable bonds is 8. The fourth-order valence-electron chi connectivity index (χ4n) is 1.64. The van der Waals surface area contributed by atoms with Gasteiger partial charge < -0.3 is 9.84 Å². The van der Waals surface area contributed by atoms with Crippen molar-refractivity contribution in [2.45, 2.75) is 4.90 Å². The molecule has 0 unspecified atom stereocenters. The summed E-state index contributed by atoms with van der Waals surface area (Å²) in [6.45, 7) is -0.468. The third-order valence-electron chi connectivity index (χ3n) is 2.63. The highest BCUT2D eigenvalue weighted by Gasteiger charge is 2.31. The van der Waals surface area contributed by atoms with Gasteiger partial charge in [-0.3, -0.25) is 10.1 Å². The summed E-state index contributed by atoms with van der Waals surface area (Å²) >= 11 is 3.10. The van der Waals surface area contributed by atoms with Crippen LogP contribution in [0.5, 0.6) is 0 Å². The highest BCUT2D eigenvalue weighted by Crippen LogP contribution is 2.29. The fraction of sp³-hybridized carbons (Fsp3) is 0.455. The Balaban J connectivity index is 3.32. The zero-order valence-electron chi connectivity index (χ0n) is 11.2. The second kappa shape index (κ2) is 7.80. The van der Waals surface area contributed by atoms with Crippen LogP contribution in [0.3, 0.4) is 0 Å². The number of hydrogen-bond acceptors (Lipinski definition) is 6. The van der Waals surface area contributed by atoms with Crippen LogP contribution in [0.25, 0.3) is 0 Å². The van der Waals surface area contributed by atoms with E-state index < -0.39 is 32.1 Å². The minimum Gasteiger partial charge on any atom is -0.395 e. The first-order chi connectivity index (χ1) is 9.84. The summed E-state index contributed by atoms with van der Waals surface area (Å²) in [4.78, 5) is 9.83. The lowest BCUT2D eigenvalue weighted by Gasteiger charge is -2.20. The molecule has 10 heteroatoms. The Labute approximate surface area is 130 Å². The van der Waals surface area contributed by atoms with Crippen molar-refractivity contribution in [3.8, 4) is 0 Å². The van der Waals surface area contributed by atoms with Gasteiger partial charge in [-0.15, -0.1) is 0 Å². The zero-order valence-corrected chi connectivity index (χ0v) is 13.6. The molecule has 0 aliphatic carbocycles. The second-order valence-electron chi connectivity index (χ2n) is 3.99. The Kier molecular flexibility index (Phi) is 6.68. The first-order valence-corrected chi connectivity index (χ1v) is 8.11. The van der Waals surface area contributed by atoms with E-state index in [1.165, 1.54) is 19.2 Å². The van der Waals surface area contributed by atoms with E-state index in [2.05, 4.69) is 15.9 Å². The minimum absolute atomic E-state index is 0.0109. The van der Waals surface area contributed by atoms with E-state index in [4.69, 9.17) is 9.84 Å². The molecule has 0 spiro atoms. The van der Waals surface area contributed by atoms with Gasteiger partial charge in [0.15, 0.2) is 4.90 Å². The van der Waals surface area contributed by atoms with Crippen LogP contribution in [0.4, 0.5) is 5.69 Å². The summed E-state index contributed by atoms with van der Waals surface area (Å²) in [7, 11) is -2.70. The molecule has 0 amide bonds. The van der Waals surface area contributed by atoms with Crippen molar-refractivity contribution in [2.75, 3.05) is 33.4 Å². The van der Waals surface area contributed by atoms with Crippen LogP contribution in [0.1, 0.15) is 0 Å². The fourth-order valence-corrected chi connectivity index (χ4v) is 3.75. The number of nitro benzene ring substituents is 1. The average Bonchev–Trinajstić information content (AvgIpc) is 2.42. The van der Waals surface area contributed by atoms with Gasteiger partial charge in [0, 0.05) is 30.7 Å². The molecule has 0 heterocycles. The van der Waals surface area contributed by atoms with Gasteiger partial charge in [-0.05, 0) is 12.1 Å². The lowest BCUT2D eigenvalue weighted by atomic mass is 10.3. The van der Waals surface area contributed by atoms with Crippen LogP contribution in [0.2, 0.25) is 0 Å². The zero-order chi connectivity index (χ0) is 16.0. The number of ether oxygens (including phenoxy) is 1. The normalized spacial score (nSPS) is 11.8. The van der Waals surface area contributed by atoms with E-state index in [1.807, 2.05) is 0 Å². The Hall–Kier alpha value is -1.07. The maximum Gasteiger partial charge on any atom is 0.289 e. The lowest BCUT2D eigenvalue weighted by Crippen LogP contribution is -2.36. The highest BCUT2D eigenvalue weighted by atomic mass is 79.9. The van der Waals surface area contributed by atoms with Gasteiger partial charge in [0.2, 0.25) is 10.0 Å². The topological polar surface area (TPSA) is 110 Å². The number of halogens is 1. The number of benzene rings is 1. The number of hydrogen-bond donors (Lipinski definition) is 1. The summed E-state index contributed by atoms with van der Waals surface area (Å²) in [5, 5.41) is 20.0. The molecule has 0 radical (unpaired) electrons. The molecule has 1 rings (SSSR count). The Morgan fingerprint density at radius 2 is 2.10 bits per heavy atom. The molecular formula is C11H15BrN2O6S. The molecule has 8 nitrogen and oxygen atoms in total. The molecule has 0 fully saturated rings. The van der Waals surface area contributed by atoms with Gasteiger partial charge >= 0.3 is 0 Å². The third-order valence-corrected chi connectivity index (χ3v) is 5.05. The van der Waals surface area contributed by atoms with Crippen molar-refractivity contribution in [1.29, 1.82) is 0 Å². The largest absolute Gasteiger partial charge is 0.395 e. The molecular weight excluding hydrogens is 368 g/mol. The van der Waals surface area contributed by atoms with Crippen molar-refractivity contribution >= 4 is 31.6 Å². The van der Waals surface area contributed by atoms with Gasteiger partial charge in [-0.25, -0.2) is 8.42 Å². The van der Waals surface area contributed by atoms with Crippen molar-refractivity contribution in [3.05, 3.63) is 32.8 Å². The highest BCUT2D eigenvalue weighted by molar-refractivity contribution is 9.10. The number of nitrogens with zero attached hydrogens (tertiary/aromatic N) is 2. The average molecular weight is 383 g/mol. The molecule has 1 N–H and O–H groups in total. The van der Waals surface area contributed by atoms with Gasteiger partial charge in [0.25, 0.3) is 5.69 Å². The van der Waals surface area contributed by atoms with Crippen LogP contribution in [0, 0.1) is 10.1 Å². The molecule has 0 aromatic heterocycles. The first-order valence-electron chi connectivity index (χ1n) is 5.88. The molecule has 1 aromatic carbocycles. The smallest absolute Gasteiger partial charge is 0.289 e. The maximum absolute atomic E-state index is 12.5. The summed E-state index contributed by atoms with van der Waals surface area (Å²) in [5.41, 5.74) is -0.515. The molecule has 0 saturated carbocycles. The second-order valence-corrected chi connectivity index (χ2v) is 6.81. The molecule has 0 bridgehead atoms. The van der Waals surface area contributed by atoms with Gasteiger partial charge in [0.05, 0.1) is 18.1 Å². The Morgan fingerprint density at radius 1 is 1.43 bits per heavy atom. The minimum atomic E-state index is -4.11. The number of aliphatic hydroxyl groups is 1. The summed E-state index contributed by atoms with van der Waals surface area (Å²) in [6, 6.07) is 3.68. The maximum atomic E-state index is 12.5. The van der Waals surface area contributed by atoms with Gasteiger partial charge in [-0.1, -0.05) is 15.9 Å². The SMILES string of the molecule is COCCN(CCO)S(=O)(=O)c1cc(Br)ccc1[N+](=O)[O-]. The summed E-state index contributed by atoms with van der Waals surface area (Å²) < 4.78 is 31.3. The Morgan fingerprint density at radius 3 is 2.62 bits per heavy atom. The van der Waals surface area contributed by atoms with Crippen molar-refractivity contribution in [1.82, 2.24) is 4.31 Å². The molecule has 0 aliphatic rings. The number of methoxy groups -OCH3 is 1. The van der Waals surface area contributed by atoms with E-state index in [0.29, 0.717) is 4.47 Å². The van der Waals surface area contributed by atoms with Crippen molar-refractivity contribution < 1.29 is 23.2 Å². The van der Waals surface area contributed by atoms with Crippen LogP contribution in [-0.2, 0) is 14.8 Å². The Bertz CT molecular complexity index is 607. The van der Waals surface area contributed by atoms with Gasteiger partial charge in [0.1, 0.15) is 0 Å². The van der Waals surface area contributed by atoms with E-state index in [-0.39, 0.29) is 19.7 Å². The molecule has 0 aliphatic heterocycles. The van der Waals surface area contributed by atoms with Crippen LogP contribution in [-0.4, -0.2) is 56.2 Å². The predicted octanol–water partition coefficient (Wildman–Crippen LogP) is 0.987. The third kappa shape index (κ3) is 4.45. The van der Waals surface area contributed by atoms with Crippen molar-refractivity contribution in [2.24, 2.45) is 0 Å². The monoisotopic (exact) mass is 382 g/mol. The molecule has 21 heavy (non-hydrogen) atoms. The van der Waals surface area contributed by atoms with E-state index in [9.17, 15) is 18.5 Å². The summed E-state index contributed by atoms with van der Waals surface area (Å²) in [5.74, 6) is 0. The number of sulfonamides is 1. The lowest BCUT2D eigenvalue weighted by molar-refractivity contribution is -0.387. The number of nitro groups is 1. The van der Waals surface area contributed by atoms with E-state index >= 15 is 0 Å². The van der Waals surface area contributed by atoms with Gasteiger partial charge in [-0.2, -0.15) is 4.31 Å². The number of aliphatic hydroxyl groups excluding tert-OH is 1. The van der Waals surface area contributed by atoms with Crippen LogP contribution in [0.15, 0.2) is 27.6 Å². The predicted molar refractivity (Wildman–Crippen MR) is 78.5 cm³/mol. The summed E-state index contributed by atoms with van der Waals surface area (Å²) in [6.07, 6.45) is 0. The molecule has 0 saturated heterocycles. The van der Waals surface area contributed by atoms with Crippen LogP contribution < -0.4 is 0 Å². The molecule has 118 valence electrons. The van der Waals surface area contributed by atoms with E-state index in [0.717, 1.165) is 10.4 Å². The first kappa shape index (κ1) is 18.0. The molecule has 0 atom stereocenters. The standard InChI is InChI=1S/C11H15BrN2O6S/c1-20-7-5-13(4-6-15)21(18,19)11-8-9(12)2-3-10(11)14(16)17/h2-3,8,15H,4-7H2,1H3. The van der Waals surface area contributed by atoms with Crippen molar-refractivity contribution in [3.63, 3.8) is 0 Å². The quantitative estimate of drug-likeness (QED) is 0.530.